The molecule has 0 saturated heterocycles. The summed E-state index contributed by atoms with van der Waals surface area (Å²) < 4.78 is 0.651. The number of nitrogens with one attached hydrogen (secondary N) is 2. The van der Waals surface area contributed by atoms with Crippen LogP contribution in [-0.4, -0.2) is 16.7 Å². The molecular weight excluding hydrogens is 348 g/mol. The lowest BCUT2D eigenvalue weighted by Crippen LogP contribution is -2.20. The van der Waals surface area contributed by atoms with E-state index in [1.54, 1.807) is 12.1 Å². The standard InChI is InChI=1S/C16H15BrN2O3/c1-10-2-4-11(5-3-10)14(20)6-7-15(21)19-13-8-12(17)9-18-16(13)22/h2-5,8-9H,6-7H2,1H3,(H,18,22)(H,19,21). The van der Waals surface area contributed by atoms with Crippen LogP contribution in [0.1, 0.15) is 28.8 Å². The van der Waals surface area contributed by atoms with Gasteiger partial charge >= 0.3 is 0 Å². The number of rotatable bonds is 5. The molecule has 5 nitrogen and oxygen atoms in total. The number of anilines is 1. The summed E-state index contributed by atoms with van der Waals surface area (Å²) in [6.07, 6.45) is 1.61. The molecule has 1 amide bonds. The molecule has 0 saturated carbocycles. The van der Waals surface area contributed by atoms with Crippen molar-refractivity contribution in [1.29, 1.82) is 0 Å². The fourth-order valence-electron chi connectivity index (χ4n) is 1.87. The molecule has 1 heterocycles. The van der Waals surface area contributed by atoms with Crippen LogP contribution in [0.2, 0.25) is 0 Å². The maximum Gasteiger partial charge on any atom is 0.271 e. The molecule has 22 heavy (non-hydrogen) atoms. The number of amides is 1. The summed E-state index contributed by atoms with van der Waals surface area (Å²) in [7, 11) is 0. The minimum atomic E-state index is -0.388. The van der Waals surface area contributed by atoms with Gasteiger partial charge in [-0.15, -0.1) is 0 Å². The van der Waals surface area contributed by atoms with Gasteiger partial charge in [0.25, 0.3) is 5.56 Å². The summed E-state index contributed by atoms with van der Waals surface area (Å²) in [6.45, 7) is 1.94. The van der Waals surface area contributed by atoms with E-state index >= 15 is 0 Å². The van der Waals surface area contributed by atoms with Crippen molar-refractivity contribution in [2.45, 2.75) is 19.8 Å². The number of H-pyrrole nitrogens is 1. The molecule has 2 N–H and O–H groups in total. The lowest BCUT2D eigenvalue weighted by Gasteiger charge is -2.05. The first-order chi connectivity index (χ1) is 10.5. The zero-order valence-electron chi connectivity index (χ0n) is 12.0. The Morgan fingerprint density at radius 2 is 1.86 bits per heavy atom. The Bertz CT molecular complexity index is 751. The first kappa shape index (κ1) is 16.2. The van der Waals surface area contributed by atoms with Gasteiger partial charge in [0, 0.05) is 29.1 Å². The molecule has 0 radical (unpaired) electrons. The van der Waals surface area contributed by atoms with Gasteiger partial charge in [-0.1, -0.05) is 29.8 Å². The Labute approximate surface area is 135 Å². The van der Waals surface area contributed by atoms with Crippen LogP contribution in [0.5, 0.6) is 0 Å². The molecule has 0 aliphatic rings. The summed E-state index contributed by atoms with van der Waals surface area (Å²) in [4.78, 5) is 37.8. The third-order valence-electron chi connectivity index (χ3n) is 3.09. The summed E-state index contributed by atoms with van der Waals surface area (Å²) in [5.41, 5.74) is 1.42. The molecule has 0 aliphatic carbocycles. The van der Waals surface area contributed by atoms with Crippen molar-refractivity contribution in [3.05, 3.63) is 62.5 Å². The van der Waals surface area contributed by atoms with Crippen LogP contribution in [0.3, 0.4) is 0 Å². The largest absolute Gasteiger partial charge is 0.326 e. The highest BCUT2D eigenvalue weighted by Gasteiger charge is 2.11. The lowest BCUT2D eigenvalue weighted by atomic mass is 10.0. The van der Waals surface area contributed by atoms with Gasteiger partial charge in [0.15, 0.2) is 5.78 Å². The molecule has 2 aromatic rings. The third-order valence-corrected chi connectivity index (χ3v) is 3.55. The van der Waals surface area contributed by atoms with Crippen LogP contribution in [0, 0.1) is 6.92 Å². The van der Waals surface area contributed by atoms with E-state index in [2.05, 4.69) is 26.2 Å². The van der Waals surface area contributed by atoms with E-state index in [0.29, 0.717) is 10.0 Å². The zero-order valence-corrected chi connectivity index (χ0v) is 13.6. The third kappa shape index (κ3) is 4.39. The van der Waals surface area contributed by atoms with Crippen LogP contribution >= 0.6 is 15.9 Å². The van der Waals surface area contributed by atoms with E-state index in [4.69, 9.17) is 0 Å². The molecule has 114 valence electrons. The van der Waals surface area contributed by atoms with Crippen molar-refractivity contribution in [2.24, 2.45) is 0 Å². The SMILES string of the molecule is Cc1ccc(C(=O)CCC(=O)Nc2cc(Br)c[nH]c2=O)cc1. The molecular formula is C16H15BrN2O3. The fraction of sp³-hybridized carbons (Fsp3) is 0.188. The summed E-state index contributed by atoms with van der Waals surface area (Å²) >= 11 is 3.21. The van der Waals surface area contributed by atoms with Gasteiger partial charge in [0.1, 0.15) is 5.69 Å². The van der Waals surface area contributed by atoms with Crippen LogP contribution in [0.4, 0.5) is 5.69 Å². The van der Waals surface area contributed by atoms with Gasteiger partial charge in [-0.05, 0) is 28.9 Å². The summed E-state index contributed by atoms with van der Waals surface area (Å²) in [6, 6.07) is 8.71. The summed E-state index contributed by atoms with van der Waals surface area (Å²) in [5.74, 6) is -0.470. The minimum absolute atomic E-state index is 0.0265. The second-order valence-electron chi connectivity index (χ2n) is 4.90. The Balaban J connectivity index is 1.92. The number of carbonyl (C=O) groups is 2. The monoisotopic (exact) mass is 362 g/mol. The van der Waals surface area contributed by atoms with Crippen LogP contribution in [0.25, 0.3) is 0 Å². The molecule has 1 aromatic carbocycles. The van der Waals surface area contributed by atoms with Crippen LogP contribution in [-0.2, 0) is 4.79 Å². The quantitative estimate of drug-likeness (QED) is 0.802. The molecule has 1 aromatic heterocycles. The number of aryl methyl sites for hydroxylation is 1. The number of carbonyl (C=O) groups excluding carboxylic acids is 2. The van der Waals surface area contributed by atoms with E-state index in [-0.39, 0.29) is 35.8 Å². The summed E-state index contributed by atoms with van der Waals surface area (Å²) in [5, 5.41) is 2.50. The highest BCUT2D eigenvalue weighted by molar-refractivity contribution is 9.10. The van der Waals surface area contributed by atoms with Crippen molar-refractivity contribution in [1.82, 2.24) is 4.98 Å². The predicted octanol–water partition coefficient (Wildman–Crippen LogP) is 3.05. The Morgan fingerprint density at radius 3 is 2.55 bits per heavy atom. The number of ketones is 1. The van der Waals surface area contributed by atoms with Gasteiger partial charge in [-0.25, -0.2) is 0 Å². The average Bonchev–Trinajstić information content (AvgIpc) is 2.49. The van der Waals surface area contributed by atoms with E-state index in [9.17, 15) is 14.4 Å². The van der Waals surface area contributed by atoms with Gasteiger partial charge in [0.05, 0.1) is 0 Å². The lowest BCUT2D eigenvalue weighted by molar-refractivity contribution is -0.116. The Morgan fingerprint density at radius 1 is 1.18 bits per heavy atom. The van der Waals surface area contributed by atoms with Crippen LogP contribution < -0.4 is 10.9 Å². The molecule has 0 atom stereocenters. The maximum absolute atomic E-state index is 12.0. The highest BCUT2D eigenvalue weighted by atomic mass is 79.9. The number of aromatic amines is 1. The molecule has 6 heteroatoms. The number of hydrogen-bond donors (Lipinski definition) is 2. The maximum atomic E-state index is 12.0. The van der Waals surface area contributed by atoms with Gasteiger partial charge in [-0.2, -0.15) is 0 Å². The van der Waals surface area contributed by atoms with E-state index in [1.807, 2.05) is 19.1 Å². The second kappa shape index (κ2) is 7.17. The topological polar surface area (TPSA) is 79.0 Å². The van der Waals surface area contributed by atoms with E-state index in [0.717, 1.165) is 5.56 Å². The molecule has 0 bridgehead atoms. The molecule has 0 fully saturated rings. The van der Waals surface area contributed by atoms with Crippen molar-refractivity contribution in [3.63, 3.8) is 0 Å². The number of hydrogen-bond acceptors (Lipinski definition) is 3. The average molecular weight is 363 g/mol. The number of Topliss-reactive ketones (excluding diaryl/α,β-unsaturated/α-hetero) is 1. The van der Waals surface area contributed by atoms with E-state index < -0.39 is 0 Å². The Hall–Kier alpha value is -2.21. The van der Waals surface area contributed by atoms with E-state index in [1.165, 1.54) is 12.3 Å². The number of aromatic nitrogens is 1. The van der Waals surface area contributed by atoms with Crippen molar-refractivity contribution in [2.75, 3.05) is 5.32 Å². The van der Waals surface area contributed by atoms with Gasteiger partial charge < -0.3 is 10.3 Å². The smallest absolute Gasteiger partial charge is 0.271 e. The fourth-order valence-corrected chi connectivity index (χ4v) is 2.22. The highest BCUT2D eigenvalue weighted by Crippen LogP contribution is 2.11. The van der Waals surface area contributed by atoms with Crippen molar-refractivity contribution < 1.29 is 9.59 Å². The second-order valence-corrected chi connectivity index (χ2v) is 5.81. The molecule has 0 aliphatic heterocycles. The predicted molar refractivity (Wildman–Crippen MR) is 88.1 cm³/mol. The molecule has 0 spiro atoms. The van der Waals surface area contributed by atoms with Crippen LogP contribution in [0.15, 0.2) is 45.8 Å². The Kier molecular flexibility index (Phi) is 5.27. The van der Waals surface area contributed by atoms with Gasteiger partial charge in [-0.3, -0.25) is 14.4 Å². The number of pyridine rings is 1. The van der Waals surface area contributed by atoms with Gasteiger partial charge in [0.2, 0.25) is 5.91 Å². The van der Waals surface area contributed by atoms with Crippen molar-refractivity contribution in [3.8, 4) is 0 Å². The molecule has 0 unspecified atom stereocenters. The van der Waals surface area contributed by atoms with Crippen molar-refractivity contribution >= 4 is 33.3 Å². The molecule has 2 rings (SSSR count). The first-order valence-corrected chi connectivity index (χ1v) is 7.53. The zero-order chi connectivity index (χ0) is 16.1. The number of halogens is 1. The normalized spacial score (nSPS) is 10.3. The first-order valence-electron chi connectivity index (χ1n) is 6.73. The minimum Gasteiger partial charge on any atom is -0.326 e. The number of benzene rings is 1.